The molecule has 2 amide bonds. The highest BCUT2D eigenvalue weighted by Gasteiger charge is 2.33. The van der Waals surface area contributed by atoms with E-state index in [9.17, 15) is 38.4 Å². The van der Waals surface area contributed by atoms with Gasteiger partial charge in [0.2, 0.25) is 0 Å². The summed E-state index contributed by atoms with van der Waals surface area (Å²) in [5, 5.41) is 13.8. The fraction of sp³-hybridized carbons (Fsp3) is 0.855. The highest BCUT2D eigenvalue weighted by molar-refractivity contribution is 8.01. The van der Waals surface area contributed by atoms with Gasteiger partial charge in [-0.2, -0.15) is 35.3 Å². The average molecular weight is 1180 g/mol. The van der Waals surface area contributed by atoms with Crippen LogP contribution in [-0.2, 0) is 52.5 Å². The molecule has 0 rings (SSSR count). The van der Waals surface area contributed by atoms with Crippen molar-refractivity contribution in [2.45, 2.75) is 236 Å². The van der Waals surface area contributed by atoms with Gasteiger partial charge in [-0.05, 0) is 80.1 Å². The van der Waals surface area contributed by atoms with Gasteiger partial charge < -0.3 is 50.9 Å². The summed E-state index contributed by atoms with van der Waals surface area (Å²) in [5.74, 6) is -1.77. The largest absolute Gasteiger partial charge is 0.480 e. The van der Waals surface area contributed by atoms with E-state index in [1.54, 1.807) is 111 Å². The molecular weight excluding hydrogens is 1070 g/mol. The lowest BCUT2D eigenvalue weighted by molar-refractivity contribution is -0.149. The topological polar surface area (TPSA) is 279 Å². The normalized spacial score (nSPS) is 13.9. The van der Waals surface area contributed by atoms with E-state index >= 15 is 0 Å². The second-order valence-electron chi connectivity index (χ2n) is 23.7. The molecule has 0 bridgehead atoms. The van der Waals surface area contributed by atoms with Crippen molar-refractivity contribution in [3.63, 3.8) is 0 Å². The summed E-state index contributed by atoms with van der Waals surface area (Å²) in [6.07, 6.45) is -1.14. The zero-order valence-electron chi connectivity index (χ0n) is 50.9. The molecule has 22 heteroatoms. The lowest BCUT2D eigenvalue weighted by Crippen LogP contribution is -2.47. The number of Topliss-reactive ketones (excluding diaryl/α,β-unsaturated/α-hetero) is 2. The second kappa shape index (κ2) is 41.1. The first-order chi connectivity index (χ1) is 33.7. The predicted molar refractivity (Wildman–Crippen MR) is 321 cm³/mol. The van der Waals surface area contributed by atoms with Gasteiger partial charge in [0.15, 0.2) is 11.6 Å². The van der Waals surface area contributed by atoms with E-state index in [2.05, 4.69) is 72.9 Å². The third-order valence-electron chi connectivity index (χ3n) is 9.24. The Morgan fingerprint density at radius 3 is 1.05 bits per heavy atom. The van der Waals surface area contributed by atoms with Gasteiger partial charge in [0.05, 0.1) is 43.7 Å². The molecule has 0 saturated carbocycles. The Hall–Kier alpha value is -2.98. The van der Waals surface area contributed by atoms with Crippen molar-refractivity contribution in [3.8, 4) is 0 Å². The Labute approximate surface area is 484 Å². The molecule has 0 aromatic carbocycles. The molecule has 0 aliphatic carbocycles. The molecule has 0 fully saturated rings. The minimum absolute atomic E-state index is 0. The van der Waals surface area contributed by atoms with Gasteiger partial charge in [0.25, 0.3) is 0 Å². The molecule has 0 aliphatic heterocycles. The number of esters is 3. The first-order valence-electron chi connectivity index (χ1n) is 25.9. The summed E-state index contributed by atoms with van der Waals surface area (Å²) in [4.78, 5) is 94.4. The molecule has 0 saturated heterocycles. The number of rotatable bonds is 24. The quantitative estimate of drug-likeness (QED) is 0.0444. The van der Waals surface area contributed by atoms with Gasteiger partial charge in [-0.25, -0.2) is 14.4 Å². The van der Waals surface area contributed by atoms with Gasteiger partial charge in [0, 0.05) is 44.3 Å². The number of nitrogens with one attached hydrogen (secondary N) is 2. The summed E-state index contributed by atoms with van der Waals surface area (Å²) in [5.41, 5.74) is 10.2. The Balaban J connectivity index is -0.000000225. The van der Waals surface area contributed by atoms with E-state index in [0.717, 1.165) is 0 Å². The molecule has 0 unspecified atom stereocenters. The van der Waals surface area contributed by atoms with Gasteiger partial charge in [-0.3, -0.25) is 24.0 Å². The van der Waals surface area contributed by atoms with Crippen LogP contribution in [0.4, 0.5) is 9.59 Å². The number of ether oxygens (including phenoxy) is 5. The monoisotopic (exact) mass is 1180 g/mol. The molecule has 6 atom stereocenters. The molecule has 7 N–H and O–H groups in total. The average Bonchev–Trinajstić information content (AvgIpc) is 3.21. The van der Waals surface area contributed by atoms with E-state index in [0.29, 0.717) is 30.5 Å². The van der Waals surface area contributed by atoms with Crippen LogP contribution in [0.25, 0.3) is 0 Å². The fourth-order valence-electron chi connectivity index (χ4n) is 5.42. The van der Waals surface area contributed by atoms with Gasteiger partial charge >= 0.3 is 36.1 Å². The van der Waals surface area contributed by atoms with Crippen molar-refractivity contribution in [1.29, 1.82) is 0 Å². The van der Waals surface area contributed by atoms with Crippen LogP contribution >= 0.6 is 47.7 Å². The summed E-state index contributed by atoms with van der Waals surface area (Å²) >= 11 is 4.95. The maximum atomic E-state index is 12.8. The number of carboxylic acids is 1. The number of aliphatic carboxylic acids is 1. The van der Waals surface area contributed by atoms with Crippen molar-refractivity contribution in [3.05, 3.63) is 0 Å². The van der Waals surface area contributed by atoms with Gasteiger partial charge in [-0.1, -0.05) is 111 Å². The number of carboxylic acid groups (broad SMARTS) is 1. The van der Waals surface area contributed by atoms with E-state index < -0.39 is 65.4 Å². The third-order valence-corrected chi connectivity index (χ3v) is 13.5. The number of hydrogen-bond acceptors (Lipinski definition) is 18. The molecule has 0 radical (unpaired) electrons. The van der Waals surface area contributed by atoms with Crippen LogP contribution in [0.2, 0.25) is 0 Å². The molecule has 0 spiro atoms. The Morgan fingerprint density at radius 2 is 0.779 bits per heavy atom. The molecule has 18 nitrogen and oxygen atoms in total. The number of ketones is 2. The van der Waals surface area contributed by atoms with Gasteiger partial charge in [-0.15, -0.1) is 12.4 Å². The Bertz CT molecular complexity index is 1720. The van der Waals surface area contributed by atoms with Crippen molar-refractivity contribution >= 4 is 95.3 Å². The fourth-order valence-corrected chi connectivity index (χ4v) is 8.15. The smallest absolute Gasteiger partial charge is 0.408 e. The summed E-state index contributed by atoms with van der Waals surface area (Å²) < 4.78 is 25.4. The number of nitrogens with two attached hydrogens (primary N) is 2. The highest BCUT2D eigenvalue weighted by Crippen LogP contribution is 2.29. The van der Waals surface area contributed by atoms with Crippen molar-refractivity contribution < 1.29 is 67.1 Å². The van der Waals surface area contributed by atoms with Crippen LogP contribution in [0.1, 0.15) is 186 Å². The summed E-state index contributed by atoms with van der Waals surface area (Å²) in [7, 11) is 0. The van der Waals surface area contributed by atoms with Crippen molar-refractivity contribution in [1.82, 2.24) is 10.6 Å². The molecule has 0 heterocycles. The van der Waals surface area contributed by atoms with Crippen LogP contribution in [0.5, 0.6) is 0 Å². The van der Waals surface area contributed by atoms with Crippen LogP contribution < -0.4 is 22.1 Å². The van der Waals surface area contributed by atoms with Crippen molar-refractivity contribution in [2.75, 3.05) is 37.1 Å². The van der Waals surface area contributed by atoms with E-state index in [1.807, 2.05) is 27.7 Å². The van der Waals surface area contributed by atoms with Gasteiger partial charge in [0.1, 0.15) is 23.3 Å². The first kappa shape index (κ1) is 85.3. The van der Waals surface area contributed by atoms with E-state index in [4.69, 9.17) is 40.3 Å². The van der Waals surface area contributed by atoms with E-state index in [-0.39, 0.29) is 101 Å². The predicted octanol–water partition coefficient (Wildman–Crippen LogP) is 10.9. The summed E-state index contributed by atoms with van der Waals surface area (Å²) in [6.45, 7) is 46.4. The van der Waals surface area contributed by atoms with Crippen molar-refractivity contribution in [2.24, 2.45) is 41.1 Å². The van der Waals surface area contributed by atoms with Crippen LogP contribution in [0, 0.1) is 29.6 Å². The summed E-state index contributed by atoms with van der Waals surface area (Å²) in [6, 6.07) is -2.63. The maximum absolute atomic E-state index is 12.8. The Kier molecular flexibility index (Phi) is 45.5. The highest BCUT2D eigenvalue weighted by atomic mass is 35.5. The minimum Gasteiger partial charge on any atom is -0.480 e. The van der Waals surface area contributed by atoms with Crippen LogP contribution in [0.3, 0.4) is 0 Å². The number of thioether (sulfide) groups is 3. The zero-order valence-corrected chi connectivity index (χ0v) is 54.2. The van der Waals surface area contributed by atoms with Crippen LogP contribution in [-0.4, -0.2) is 139 Å². The SMILES string of the molecule is C.CC(C)[C@H](NC(=O)OC(C)(C)C)C(=O)O.CCOC(=O)[C@@H](N)CSC(C)(C)C.CCOC(=O)[C@H](CSC(C)(C)C)CC(=O)[C@@H](N)C(C)C.CCOC(=O)[C@H](CSC(C)(C)C)CC(=O)[C@@H](NC(=O)OC(C)(C)C)C(C)C.Cl. The number of hydrogen-bond donors (Lipinski definition) is 5. The number of amides is 2. The zero-order chi connectivity index (χ0) is 60.0. The maximum Gasteiger partial charge on any atom is 0.408 e. The molecule has 0 aliphatic rings. The minimum atomic E-state index is -1.06. The molecule has 458 valence electrons. The number of carbonyl (C=O) groups excluding carboxylic acids is 7. The lowest BCUT2D eigenvalue weighted by atomic mass is 9.93. The molecule has 77 heavy (non-hydrogen) atoms. The lowest BCUT2D eigenvalue weighted by Gasteiger charge is -2.26. The molecular formula is C55H109ClN4O14S3. The number of halogens is 1. The number of alkyl carbamates (subject to hydrolysis) is 2. The Morgan fingerprint density at radius 1 is 0.481 bits per heavy atom. The molecule has 0 aromatic rings. The standard InChI is InChI=1S/C20H37NO5S.C15H29NO3S.C10H19NO4.C9H19NO2S.CH4.ClH/c1-10-25-17(23)14(12-27-20(7,8)9)11-15(22)16(13(2)3)21-18(24)26-19(4,5)6;1-7-19-14(18)11(9-20-15(4,5)6)8-12(17)13(16)10(2)3;1-6(2)7(8(12)13)11-9(14)15-10(3,4)5;1-5-12-8(11)7(10)6-13-9(2,3)4;;/h13-14,16H,10-12H2,1-9H3,(H,21,24);10-11,13H,7-9,16H2,1-6H3;6-7H,1-5H3,(H,11,14)(H,12,13);7H,5-6,10H2,1-4H3;1H4;1H/t14-,16-;11-,13-;2*7-;;/m0000../s1. The van der Waals surface area contributed by atoms with E-state index in [1.165, 1.54) is 0 Å². The van der Waals surface area contributed by atoms with Crippen LogP contribution in [0.15, 0.2) is 0 Å². The third kappa shape index (κ3) is 49.8. The molecule has 0 aromatic heterocycles. The second-order valence-corrected chi connectivity index (χ2v) is 29.3. The number of carbonyl (C=O) groups is 8. The first-order valence-corrected chi connectivity index (χ1v) is 28.9.